The number of nitrogens with one attached hydrogen (secondary N) is 4. The molecular weight excluding hydrogens is 628 g/mol. The van der Waals surface area contributed by atoms with Gasteiger partial charge in [0.2, 0.25) is 11.9 Å². The third kappa shape index (κ3) is 6.92. The van der Waals surface area contributed by atoms with Crippen LogP contribution in [0.4, 0.5) is 37.9 Å². The highest BCUT2D eigenvalue weighted by Gasteiger charge is 2.15. The van der Waals surface area contributed by atoms with Crippen molar-refractivity contribution in [2.24, 2.45) is 0 Å². The third-order valence-corrected chi connectivity index (χ3v) is 7.67. The SMILES string of the molecule is Cc1[nH]c(Br)c(C)c1-c1ccnc(Nc2ccc(F)cc2)n1.Cc1[nH]c(N)c(C)c1-c1ccnc(Nc2ccc(F)cc2)n1. The van der Waals surface area contributed by atoms with E-state index in [1.165, 1.54) is 24.3 Å². The van der Waals surface area contributed by atoms with Crippen LogP contribution in [0.15, 0.2) is 77.7 Å². The first-order valence-electron chi connectivity index (χ1n) is 13.6. The van der Waals surface area contributed by atoms with Crippen LogP contribution >= 0.6 is 15.9 Å². The second kappa shape index (κ2) is 13.0. The lowest BCUT2D eigenvalue weighted by Crippen LogP contribution is -1.98. The zero-order chi connectivity index (χ0) is 31.4. The predicted molar refractivity (Wildman–Crippen MR) is 174 cm³/mol. The van der Waals surface area contributed by atoms with E-state index in [1.54, 1.807) is 36.7 Å². The Hall–Kier alpha value is -5.10. The summed E-state index contributed by atoms with van der Waals surface area (Å²) in [6.45, 7) is 7.93. The molecule has 6 rings (SSSR count). The lowest BCUT2D eigenvalue weighted by molar-refractivity contribution is 0.627. The van der Waals surface area contributed by atoms with Crippen LogP contribution in [0.1, 0.15) is 22.5 Å². The van der Waals surface area contributed by atoms with Crippen molar-refractivity contribution in [2.75, 3.05) is 16.4 Å². The number of hydrogen-bond acceptors (Lipinski definition) is 7. The summed E-state index contributed by atoms with van der Waals surface area (Å²) in [4.78, 5) is 23.8. The summed E-state index contributed by atoms with van der Waals surface area (Å²) < 4.78 is 26.8. The van der Waals surface area contributed by atoms with Gasteiger partial charge in [0, 0.05) is 51.8 Å². The summed E-state index contributed by atoms with van der Waals surface area (Å²) in [5, 5.41) is 6.13. The van der Waals surface area contributed by atoms with Crippen molar-refractivity contribution in [1.29, 1.82) is 0 Å². The molecule has 4 aromatic heterocycles. The van der Waals surface area contributed by atoms with Gasteiger partial charge in [-0.2, -0.15) is 0 Å². The monoisotopic (exact) mass is 657 g/mol. The van der Waals surface area contributed by atoms with E-state index < -0.39 is 0 Å². The Kier molecular flexibility index (Phi) is 9.00. The normalized spacial score (nSPS) is 10.7. The van der Waals surface area contributed by atoms with Gasteiger partial charge in [-0.15, -0.1) is 0 Å². The van der Waals surface area contributed by atoms with Gasteiger partial charge >= 0.3 is 0 Å². The van der Waals surface area contributed by atoms with Gasteiger partial charge in [0.15, 0.2) is 0 Å². The fourth-order valence-electron chi connectivity index (χ4n) is 4.70. The Labute approximate surface area is 261 Å². The van der Waals surface area contributed by atoms with Crippen LogP contribution in [0.5, 0.6) is 0 Å². The molecule has 0 amide bonds. The number of rotatable bonds is 6. The highest BCUT2D eigenvalue weighted by atomic mass is 79.9. The Morgan fingerprint density at radius 2 is 1.07 bits per heavy atom. The minimum atomic E-state index is -0.283. The third-order valence-electron chi connectivity index (χ3n) is 6.88. The van der Waals surface area contributed by atoms with Gasteiger partial charge < -0.3 is 26.3 Å². The van der Waals surface area contributed by atoms with Gasteiger partial charge in [0.25, 0.3) is 0 Å². The van der Waals surface area contributed by atoms with Crippen molar-refractivity contribution < 1.29 is 8.78 Å². The zero-order valence-corrected chi connectivity index (χ0v) is 26.0. The number of hydrogen-bond donors (Lipinski definition) is 5. The quantitative estimate of drug-likeness (QED) is 0.122. The molecule has 44 heavy (non-hydrogen) atoms. The van der Waals surface area contributed by atoms with Crippen molar-refractivity contribution in [1.82, 2.24) is 29.9 Å². The van der Waals surface area contributed by atoms with E-state index in [2.05, 4.69) is 56.5 Å². The molecule has 0 saturated carbocycles. The van der Waals surface area contributed by atoms with E-state index in [9.17, 15) is 8.78 Å². The van der Waals surface area contributed by atoms with Crippen LogP contribution in [0.2, 0.25) is 0 Å². The molecule has 6 aromatic rings. The molecule has 0 fully saturated rings. The molecule has 4 heterocycles. The van der Waals surface area contributed by atoms with Gasteiger partial charge in [-0.3, -0.25) is 0 Å². The van der Waals surface area contributed by atoms with Crippen molar-refractivity contribution in [3.05, 3.63) is 112 Å². The van der Waals surface area contributed by atoms with Gasteiger partial charge in [-0.25, -0.2) is 28.7 Å². The van der Waals surface area contributed by atoms with E-state index in [0.717, 1.165) is 61.0 Å². The van der Waals surface area contributed by atoms with Crippen LogP contribution < -0.4 is 16.4 Å². The fourth-order valence-corrected chi connectivity index (χ4v) is 5.19. The van der Waals surface area contributed by atoms with Gasteiger partial charge in [-0.05, 0) is 110 Å². The zero-order valence-electron chi connectivity index (χ0n) is 24.4. The topological polar surface area (TPSA) is 133 Å². The second-order valence-corrected chi connectivity index (χ2v) is 10.8. The number of nitrogens with two attached hydrogens (primary N) is 1. The molecule has 0 atom stereocenters. The van der Waals surface area contributed by atoms with Crippen LogP contribution in [0, 0.1) is 39.3 Å². The van der Waals surface area contributed by atoms with Crippen molar-refractivity contribution in [3.8, 4) is 22.5 Å². The molecule has 0 radical (unpaired) electrons. The van der Waals surface area contributed by atoms with Crippen LogP contribution in [-0.4, -0.2) is 29.9 Å². The molecule has 6 N–H and O–H groups in total. The maximum atomic E-state index is 12.9. The molecule has 0 aliphatic rings. The molecule has 0 bridgehead atoms. The summed E-state index contributed by atoms with van der Waals surface area (Å²) in [5.74, 6) is 1.000. The molecule has 0 saturated heterocycles. The molecule has 12 heteroatoms. The molecule has 2 aromatic carbocycles. The number of nitrogen functional groups attached to an aromatic ring is 1. The highest BCUT2D eigenvalue weighted by Crippen LogP contribution is 2.32. The number of anilines is 5. The predicted octanol–water partition coefficient (Wildman–Crippen LogP) is 8.29. The van der Waals surface area contributed by atoms with Gasteiger partial charge in [0.05, 0.1) is 16.0 Å². The van der Waals surface area contributed by atoms with E-state index in [0.29, 0.717) is 17.7 Å². The first-order valence-corrected chi connectivity index (χ1v) is 14.4. The Balaban J connectivity index is 0.000000175. The molecule has 0 aliphatic carbocycles. The van der Waals surface area contributed by atoms with Gasteiger partial charge in [-0.1, -0.05) is 0 Å². The number of nitrogens with zero attached hydrogens (tertiary/aromatic N) is 4. The Morgan fingerprint density at radius 1 is 0.636 bits per heavy atom. The second-order valence-electron chi connectivity index (χ2n) is 10.0. The standard InChI is InChI=1S/C16H14BrFN4.C16H16FN5/c1-9-14(10(2)20-15(9)17)13-7-8-19-16(22-13)21-12-5-3-11(18)4-6-12;1-9-14(10(2)20-15(9)18)13-7-8-19-16(22-13)21-12-5-3-11(17)4-6-12/h3-8,20H,1-2H3,(H,19,21,22);3-8,20H,18H2,1-2H3,(H,19,21,22). The number of aromatic amines is 2. The molecule has 0 spiro atoms. The van der Waals surface area contributed by atoms with Crippen molar-refractivity contribution in [3.63, 3.8) is 0 Å². The van der Waals surface area contributed by atoms with Gasteiger partial charge in [0.1, 0.15) is 17.5 Å². The van der Waals surface area contributed by atoms with Crippen LogP contribution in [0.25, 0.3) is 22.5 Å². The number of benzene rings is 2. The molecule has 0 unspecified atom stereocenters. The average molecular weight is 659 g/mol. The minimum Gasteiger partial charge on any atom is -0.385 e. The summed E-state index contributed by atoms with van der Waals surface area (Å²) >= 11 is 3.49. The molecule has 0 aliphatic heterocycles. The van der Waals surface area contributed by atoms with Crippen LogP contribution in [0.3, 0.4) is 0 Å². The molecule has 9 nitrogen and oxygen atoms in total. The number of H-pyrrole nitrogens is 2. The first kappa shape index (κ1) is 30.4. The fraction of sp³-hybridized carbons (Fsp3) is 0.125. The number of aryl methyl sites for hydroxylation is 2. The van der Waals surface area contributed by atoms with E-state index in [4.69, 9.17) is 5.73 Å². The summed E-state index contributed by atoms with van der Waals surface area (Å²) in [6.07, 6.45) is 3.38. The summed E-state index contributed by atoms with van der Waals surface area (Å²) in [6, 6.07) is 15.8. The smallest absolute Gasteiger partial charge is 0.227 e. The maximum Gasteiger partial charge on any atom is 0.227 e. The van der Waals surface area contributed by atoms with Crippen molar-refractivity contribution >= 4 is 45.0 Å². The number of halogens is 3. The van der Waals surface area contributed by atoms with Crippen LogP contribution in [-0.2, 0) is 0 Å². The largest absolute Gasteiger partial charge is 0.385 e. The Morgan fingerprint density at radius 3 is 1.45 bits per heavy atom. The summed E-state index contributed by atoms with van der Waals surface area (Å²) in [5.41, 5.74) is 15.1. The first-order chi connectivity index (χ1) is 21.1. The maximum absolute atomic E-state index is 12.9. The lowest BCUT2D eigenvalue weighted by Gasteiger charge is -2.07. The lowest BCUT2D eigenvalue weighted by atomic mass is 10.1. The summed E-state index contributed by atoms with van der Waals surface area (Å²) in [7, 11) is 0. The Bertz CT molecular complexity index is 1760. The minimum absolute atomic E-state index is 0.274. The number of aromatic nitrogens is 6. The van der Waals surface area contributed by atoms with E-state index in [1.807, 2.05) is 39.8 Å². The molecular formula is C32H30BrF2N9. The highest BCUT2D eigenvalue weighted by molar-refractivity contribution is 9.10. The molecule has 224 valence electrons. The average Bonchev–Trinajstić information content (AvgIpc) is 3.41. The van der Waals surface area contributed by atoms with Crippen molar-refractivity contribution in [2.45, 2.75) is 27.7 Å². The van der Waals surface area contributed by atoms with E-state index >= 15 is 0 Å². The van der Waals surface area contributed by atoms with E-state index in [-0.39, 0.29) is 11.6 Å².